The van der Waals surface area contributed by atoms with Gasteiger partial charge in [0, 0.05) is 19.3 Å². The highest BCUT2D eigenvalue weighted by molar-refractivity contribution is 5.71. The molecule has 0 spiro atoms. The maximum absolute atomic E-state index is 12.8. The molecule has 0 aliphatic heterocycles. The summed E-state index contributed by atoms with van der Waals surface area (Å²) >= 11 is 0. The fraction of sp³-hybridized carbons (Fsp3) is 0.712. The van der Waals surface area contributed by atoms with E-state index in [2.05, 4.69) is 118 Å². The van der Waals surface area contributed by atoms with Gasteiger partial charge in [-0.25, -0.2) is 0 Å². The summed E-state index contributed by atoms with van der Waals surface area (Å²) in [4.78, 5) is 38.1. The maximum Gasteiger partial charge on any atom is 0.306 e. The van der Waals surface area contributed by atoms with Gasteiger partial charge in [0.05, 0.1) is 0 Å². The molecule has 0 saturated carbocycles. The van der Waals surface area contributed by atoms with E-state index in [1.807, 2.05) is 0 Å². The molecular weight excluding hydrogens is 889 g/mol. The first-order valence-electron chi connectivity index (χ1n) is 30.2. The fourth-order valence-corrected chi connectivity index (χ4v) is 8.25. The molecule has 0 N–H and O–H groups in total. The van der Waals surface area contributed by atoms with Gasteiger partial charge in [-0.15, -0.1) is 0 Å². The Labute approximate surface area is 445 Å². The predicted molar refractivity (Wildman–Crippen MR) is 311 cm³/mol. The van der Waals surface area contributed by atoms with Crippen LogP contribution in [0.5, 0.6) is 0 Å². The third-order valence-corrected chi connectivity index (χ3v) is 12.8. The summed E-state index contributed by atoms with van der Waals surface area (Å²) < 4.78 is 16.8. The Morgan fingerprint density at radius 1 is 0.292 bits per heavy atom. The first kappa shape index (κ1) is 68.3. The van der Waals surface area contributed by atoms with Crippen molar-refractivity contribution in [3.63, 3.8) is 0 Å². The highest BCUT2D eigenvalue weighted by Crippen LogP contribution is 2.15. The van der Waals surface area contributed by atoms with Crippen molar-refractivity contribution in [3.8, 4) is 0 Å². The third kappa shape index (κ3) is 57.2. The number of allylic oxidation sites excluding steroid dienone is 16. The molecule has 0 aliphatic carbocycles. The monoisotopic (exact) mass is 1000 g/mol. The summed E-state index contributed by atoms with van der Waals surface area (Å²) in [5.41, 5.74) is 0. The predicted octanol–water partition coefficient (Wildman–Crippen LogP) is 20.5. The van der Waals surface area contributed by atoms with Crippen LogP contribution in [0.4, 0.5) is 0 Å². The zero-order chi connectivity index (χ0) is 52.2. The van der Waals surface area contributed by atoms with Crippen LogP contribution in [0.15, 0.2) is 97.2 Å². The van der Waals surface area contributed by atoms with Crippen molar-refractivity contribution in [3.05, 3.63) is 97.2 Å². The van der Waals surface area contributed by atoms with Crippen LogP contribution in [0.3, 0.4) is 0 Å². The molecule has 0 aliphatic rings. The lowest BCUT2D eigenvalue weighted by Gasteiger charge is -2.18. The Morgan fingerprint density at radius 3 is 0.903 bits per heavy atom. The van der Waals surface area contributed by atoms with Crippen LogP contribution >= 0.6 is 0 Å². The minimum atomic E-state index is -0.789. The summed E-state index contributed by atoms with van der Waals surface area (Å²) in [6, 6.07) is 0. The van der Waals surface area contributed by atoms with Crippen LogP contribution in [0, 0.1) is 0 Å². The van der Waals surface area contributed by atoms with Gasteiger partial charge in [0.25, 0.3) is 0 Å². The molecule has 0 aromatic heterocycles. The van der Waals surface area contributed by atoms with Gasteiger partial charge in [0.15, 0.2) is 6.10 Å². The SMILES string of the molecule is CC/C=C\C/C=C\C/C=C\C/C=C\C/C=C\CCCCCCCCCCCCCC(=O)OCC(COC(=O)CCCCCCC/C=C\CCCC)OC(=O)CCCCCCC/C=C\C/C=C\CCCCCC. The Balaban J connectivity index is 4.28. The van der Waals surface area contributed by atoms with Crippen molar-refractivity contribution < 1.29 is 28.6 Å². The second-order valence-electron chi connectivity index (χ2n) is 19.9. The quantitative estimate of drug-likeness (QED) is 0.0261. The second kappa shape index (κ2) is 59.9. The summed E-state index contributed by atoms with van der Waals surface area (Å²) in [6.45, 7) is 6.46. The number of esters is 3. The van der Waals surface area contributed by atoms with Crippen molar-refractivity contribution in [2.45, 2.75) is 290 Å². The Kier molecular flexibility index (Phi) is 56.8. The van der Waals surface area contributed by atoms with Gasteiger partial charge in [-0.1, -0.05) is 246 Å². The highest BCUT2D eigenvalue weighted by atomic mass is 16.6. The molecule has 0 radical (unpaired) electrons. The third-order valence-electron chi connectivity index (χ3n) is 12.8. The summed E-state index contributed by atoms with van der Waals surface area (Å²) in [5.74, 6) is -0.909. The first-order chi connectivity index (χ1) is 35.5. The molecule has 0 rings (SSSR count). The van der Waals surface area contributed by atoms with Gasteiger partial charge in [0.1, 0.15) is 13.2 Å². The van der Waals surface area contributed by atoms with Gasteiger partial charge in [-0.3, -0.25) is 14.4 Å². The molecular formula is C66H112O6. The van der Waals surface area contributed by atoms with Crippen LogP contribution < -0.4 is 0 Å². The number of carbonyl (C=O) groups excluding carboxylic acids is 3. The minimum Gasteiger partial charge on any atom is -0.462 e. The largest absolute Gasteiger partial charge is 0.462 e. The highest BCUT2D eigenvalue weighted by Gasteiger charge is 2.19. The lowest BCUT2D eigenvalue weighted by atomic mass is 10.0. The molecule has 0 bridgehead atoms. The molecule has 0 aromatic carbocycles. The molecule has 1 unspecified atom stereocenters. The number of rotatable bonds is 54. The number of ether oxygens (including phenoxy) is 3. The smallest absolute Gasteiger partial charge is 0.306 e. The number of unbranched alkanes of at least 4 members (excludes halogenated alkanes) is 27. The number of hydrogen-bond acceptors (Lipinski definition) is 6. The van der Waals surface area contributed by atoms with E-state index in [1.165, 1.54) is 122 Å². The first-order valence-corrected chi connectivity index (χ1v) is 30.2. The van der Waals surface area contributed by atoms with Crippen LogP contribution in [0.1, 0.15) is 284 Å². The van der Waals surface area contributed by atoms with E-state index < -0.39 is 6.10 Å². The normalized spacial score (nSPS) is 12.8. The second-order valence-corrected chi connectivity index (χ2v) is 19.9. The van der Waals surface area contributed by atoms with Gasteiger partial charge in [0.2, 0.25) is 0 Å². The Bertz CT molecular complexity index is 1430. The fourth-order valence-electron chi connectivity index (χ4n) is 8.25. The van der Waals surface area contributed by atoms with E-state index in [9.17, 15) is 14.4 Å². The number of hydrogen-bond donors (Lipinski definition) is 0. The van der Waals surface area contributed by atoms with Gasteiger partial charge >= 0.3 is 17.9 Å². The van der Waals surface area contributed by atoms with Crippen LogP contribution in [-0.4, -0.2) is 37.2 Å². The lowest BCUT2D eigenvalue weighted by Crippen LogP contribution is -2.30. The lowest BCUT2D eigenvalue weighted by molar-refractivity contribution is -0.167. The molecule has 0 saturated heterocycles. The van der Waals surface area contributed by atoms with Crippen molar-refractivity contribution >= 4 is 17.9 Å². The zero-order valence-corrected chi connectivity index (χ0v) is 47.2. The Morgan fingerprint density at radius 2 is 0.556 bits per heavy atom. The van der Waals surface area contributed by atoms with Gasteiger partial charge in [-0.2, -0.15) is 0 Å². The molecule has 6 nitrogen and oxygen atoms in total. The molecule has 72 heavy (non-hydrogen) atoms. The zero-order valence-electron chi connectivity index (χ0n) is 47.2. The van der Waals surface area contributed by atoms with Crippen LogP contribution in [0.25, 0.3) is 0 Å². The minimum absolute atomic E-state index is 0.0869. The molecule has 1 atom stereocenters. The molecule has 6 heteroatoms. The van der Waals surface area contributed by atoms with E-state index in [0.29, 0.717) is 19.3 Å². The summed E-state index contributed by atoms with van der Waals surface area (Å²) in [7, 11) is 0. The van der Waals surface area contributed by atoms with Crippen molar-refractivity contribution in [1.29, 1.82) is 0 Å². The molecule has 0 amide bonds. The van der Waals surface area contributed by atoms with Gasteiger partial charge < -0.3 is 14.2 Å². The van der Waals surface area contributed by atoms with E-state index >= 15 is 0 Å². The van der Waals surface area contributed by atoms with Crippen molar-refractivity contribution in [1.82, 2.24) is 0 Å². The van der Waals surface area contributed by atoms with Crippen molar-refractivity contribution in [2.75, 3.05) is 13.2 Å². The van der Waals surface area contributed by atoms with E-state index in [-0.39, 0.29) is 31.1 Å². The van der Waals surface area contributed by atoms with E-state index in [1.54, 1.807) is 0 Å². The topological polar surface area (TPSA) is 78.9 Å². The standard InChI is InChI=1S/C66H112O6/c1-4-7-10-13-16-19-22-24-26-28-29-30-31-32-33-34-35-36-37-38-40-41-44-47-50-53-56-59-65(68)71-62-63(61-70-64(67)58-55-52-49-46-43-21-18-15-12-9-6-3)72-66(69)60-57-54-51-48-45-42-39-27-25-23-20-17-14-11-8-5-2/h7,10,15-16,18-20,23-24,26-27,29-30,32-33,39,63H,4-6,8-9,11-14,17,21-22,25,28,31,34-38,40-62H2,1-3H3/b10-7-,18-15-,19-16-,23-20-,26-24-,30-29-,33-32-,39-27-. The van der Waals surface area contributed by atoms with E-state index in [0.717, 1.165) is 122 Å². The molecule has 0 fully saturated rings. The Hall–Kier alpha value is -3.67. The molecule has 0 aromatic rings. The van der Waals surface area contributed by atoms with E-state index in [4.69, 9.17) is 14.2 Å². The molecule has 0 heterocycles. The molecule has 412 valence electrons. The average Bonchev–Trinajstić information content (AvgIpc) is 3.38. The summed E-state index contributed by atoms with van der Waals surface area (Å²) in [6.07, 6.45) is 79.8. The van der Waals surface area contributed by atoms with Gasteiger partial charge in [-0.05, 0) is 116 Å². The van der Waals surface area contributed by atoms with Crippen molar-refractivity contribution in [2.24, 2.45) is 0 Å². The number of carbonyl (C=O) groups is 3. The summed E-state index contributed by atoms with van der Waals surface area (Å²) in [5, 5.41) is 0. The average molecular weight is 1000 g/mol. The van der Waals surface area contributed by atoms with Crippen LogP contribution in [-0.2, 0) is 28.6 Å². The maximum atomic E-state index is 12.8. The van der Waals surface area contributed by atoms with Crippen LogP contribution in [0.2, 0.25) is 0 Å².